The third-order valence-corrected chi connectivity index (χ3v) is 4.38. The Labute approximate surface area is 123 Å². The van der Waals surface area contributed by atoms with Crippen LogP contribution in [0.25, 0.3) is 0 Å². The van der Waals surface area contributed by atoms with Crippen molar-refractivity contribution in [2.45, 2.75) is 64.0 Å². The second kappa shape index (κ2) is 7.80. The summed E-state index contributed by atoms with van der Waals surface area (Å²) in [6.07, 6.45) is 8.06. The topological polar surface area (TPSA) is 23.5 Å². The van der Waals surface area contributed by atoms with E-state index in [1.165, 1.54) is 31.2 Å². The van der Waals surface area contributed by atoms with Crippen molar-refractivity contribution >= 4 is 0 Å². The zero-order valence-electron chi connectivity index (χ0n) is 12.9. The van der Waals surface area contributed by atoms with Crippen LogP contribution in [0.5, 0.6) is 0 Å². The predicted molar refractivity (Wildman–Crippen MR) is 84.7 cm³/mol. The minimum Gasteiger partial charge on any atom is -0.389 e. The highest BCUT2D eigenvalue weighted by Gasteiger charge is 2.32. The number of piperidine rings is 1. The molecule has 1 saturated heterocycles. The van der Waals surface area contributed by atoms with Crippen LogP contribution in [0.15, 0.2) is 30.3 Å². The second-order valence-corrected chi connectivity index (χ2v) is 6.33. The van der Waals surface area contributed by atoms with Crippen LogP contribution in [0.1, 0.15) is 57.4 Å². The number of aliphatic hydroxyl groups is 1. The van der Waals surface area contributed by atoms with Crippen LogP contribution in [0.3, 0.4) is 0 Å². The van der Waals surface area contributed by atoms with E-state index < -0.39 is 5.60 Å². The molecule has 0 saturated carbocycles. The van der Waals surface area contributed by atoms with Gasteiger partial charge in [0, 0.05) is 13.1 Å². The first-order chi connectivity index (χ1) is 9.72. The van der Waals surface area contributed by atoms with Crippen LogP contribution >= 0.6 is 0 Å². The van der Waals surface area contributed by atoms with Gasteiger partial charge in [-0.05, 0) is 31.4 Å². The lowest BCUT2D eigenvalue weighted by molar-refractivity contribution is -0.0408. The molecule has 2 nitrogen and oxygen atoms in total. The van der Waals surface area contributed by atoms with Gasteiger partial charge in [0.05, 0.1) is 5.60 Å². The molecule has 0 bridgehead atoms. The Morgan fingerprint density at radius 3 is 2.70 bits per heavy atom. The molecular weight excluding hydrogens is 246 g/mol. The van der Waals surface area contributed by atoms with Crippen molar-refractivity contribution in [3.05, 3.63) is 35.9 Å². The zero-order valence-corrected chi connectivity index (χ0v) is 12.9. The van der Waals surface area contributed by atoms with Gasteiger partial charge < -0.3 is 5.11 Å². The van der Waals surface area contributed by atoms with Crippen molar-refractivity contribution in [3.63, 3.8) is 0 Å². The minimum atomic E-state index is -0.444. The lowest BCUT2D eigenvalue weighted by atomic mass is 9.87. The van der Waals surface area contributed by atoms with Crippen LogP contribution < -0.4 is 0 Å². The minimum absolute atomic E-state index is 0.444. The molecule has 1 heterocycles. The molecule has 1 aromatic rings. The summed E-state index contributed by atoms with van der Waals surface area (Å²) < 4.78 is 0. The maximum atomic E-state index is 10.8. The molecule has 1 aliphatic heterocycles. The lowest BCUT2D eigenvalue weighted by Gasteiger charge is -2.39. The maximum absolute atomic E-state index is 10.8. The summed E-state index contributed by atoms with van der Waals surface area (Å²) in [5, 5.41) is 10.8. The molecule has 1 aromatic carbocycles. The number of benzene rings is 1. The zero-order chi connectivity index (χ0) is 14.3. The Bertz CT molecular complexity index is 378. The van der Waals surface area contributed by atoms with Crippen LogP contribution in [-0.4, -0.2) is 28.7 Å². The summed E-state index contributed by atoms with van der Waals surface area (Å²) in [5.74, 6) is 0. The Hall–Kier alpha value is -0.860. The van der Waals surface area contributed by atoms with Gasteiger partial charge in [0.2, 0.25) is 0 Å². The molecule has 1 fully saturated rings. The number of rotatable bonds is 7. The van der Waals surface area contributed by atoms with Gasteiger partial charge in [-0.1, -0.05) is 62.9 Å². The molecule has 2 heteroatoms. The van der Waals surface area contributed by atoms with Crippen molar-refractivity contribution in [3.8, 4) is 0 Å². The van der Waals surface area contributed by atoms with Crippen LogP contribution in [0.2, 0.25) is 0 Å². The standard InChI is InChI=1S/C18H29NO/c1-2-3-4-8-12-18(20)13-9-14-19(16-18)15-17-10-6-5-7-11-17/h5-7,10-11,20H,2-4,8-9,12-16H2,1H3. The number of hydrogen-bond acceptors (Lipinski definition) is 2. The molecule has 2 rings (SSSR count). The summed E-state index contributed by atoms with van der Waals surface area (Å²) in [5.41, 5.74) is 0.906. The van der Waals surface area contributed by atoms with Crippen molar-refractivity contribution < 1.29 is 5.11 Å². The fraction of sp³-hybridized carbons (Fsp3) is 0.667. The van der Waals surface area contributed by atoms with Gasteiger partial charge in [-0.2, -0.15) is 0 Å². The highest BCUT2D eigenvalue weighted by molar-refractivity contribution is 5.14. The highest BCUT2D eigenvalue weighted by atomic mass is 16.3. The molecule has 1 N–H and O–H groups in total. The van der Waals surface area contributed by atoms with Gasteiger partial charge in [-0.25, -0.2) is 0 Å². The van der Waals surface area contributed by atoms with Crippen molar-refractivity contribution in [2.24, 2.45) is 0 Å². The molecule has 1 atom stereocenters. The van der Waals surface area contributed by atoms with Gasteiger partial charge in [0.25, 0.3) is 0 Å². The monoisotopic (exact) mass is 275 g/mol. The largest absolute Gasteiger partial charge is 0.389 e. The van der Waals surface area contributed by atoms with E-state index >= 15 is 0 Å². The van der Waals surface area contributed by atoms with E-state index in [0.717, 1.165) is 38.9 Å². The molecule has 0 aliphatic carbocycles. The van der Waals surface area contributed by atoms with Crippen molar-refractivity contribution in [2.75, 3.05) is 13.1 Å². The maximum Gasteiger partial charge on any atom is 0.0774 e. The number of β-amino-alcohol motifs (C(OH)–C–C–N with tert-alkyl or cyclic N) is 1. The Kier molecular flexibility index (Phi) is 6.06. The van der Waals surface area contributed by atoms with Crippen molar-refractivity contribution in [1.29, 1.82) is 0 Å². The second-order valence-electron chi connectivity index (χ2n) is 6.33. The number of hydrogen-bond donors (Lipinski definition) is 1. The van der Waals surface area contributed by atoms with E-state index in [9.17, 15) is 5.11 Å². The van der Waals surface area contributed by atoms with E-state index in [1.807, 2.05) is 0 Å². The summed E-state index contributed by atoms with van der Waals surface area (Å²) >= 11 is 0. The normalized spacial score (nSPS) is 23.9. The Morgan fingerprint density at radius 2 is 1.95 bits per heavy atom. The fourth-order valence-electron chi connectivity index (χ4n) is 3.27. The third-order valence-electron chi connectivity index (χ3n) is 4.38. The molecule has 1 aliphatic rings. The van der Waals surface area contributed by atoms with Crippen LogP contribution in [0, 0.1) is 0 Å². The molecular formula is C18H29NO. The number of nitrogens with zero attached hydrogens (tertiary/aromatic N) is 1. The average molecular weight is 275 g/mol. The SMILES string of the molecule is CCCCCCC1(O)CCCN(Cc2ccccc2)C1. The Morgan fingerprint density at radius 1 is 1.15 bits per heavy atom. The summed E-state index contributed by atoms with van der Waals surface area (Å²) in [4.78, 5) is 2.42. The summed E-state index contributed by atoms with van der Waals surface area (Å²) in [6.45, 7) is 5.16. The molecule has 1 unspecified atom stereocenters. The van der Waals surface area contributed by atoms with Gasteiger partial charge in [0.1, 0.15) is 0 Å². The molecule has 0 amide bonds. The number of likely N-dealkylation sites (tertiary alicyclic amines) is 1. The van der Waals surface area contributed by atoms with E-state index in [4.69, 9.17) is 0 Å². The van der Waals surface area contributed by atoms with Crippen molar-refractivity contribution in [1.82, 2.24) is 4.90 Å². The highest BCUT2D eigenvalue weighted by Crippen LogP contribution is 2.27. The quantitative estimate of drug-likeness (QED) is 0.761. The summed E-state index contributed by atoms with van der Waals surface area (Å²) in [6, 6.07) is 10.6. The predicted octanol–water partition coefficient (Wildman–Crippen LogP) is 3.98. The van der Waals surface area contributed by atoms with E-state index in [2.05, 4.69) is 42.2 Å². The molecule has 0 radical (unpaired) electrons. The van der Waals surface area contributed by atoms with Gasteiger partial charge in [-0.3, -0.25) is 4.90 Å². The van der Waals surface area contributed by atoms with Crippen LogP contribution in [0.4, 0.5) is 0 Å². The van der Waals surface area contributed by atoms with E-state index in [1.54, 1.807) is 0 Å². The molecule has 0 spiro atoms. The lowest BCUT2D eigenvalue weighted by Crippen LogP contribution is -2.47. The summed E-state index contributed by atoms with van der Waals surface area (Å²) in [7, 11) is 0. The fourth-order valence-corrected chi connectivity index (χ4v) is 3.27. The Balaban J connectivity index is 1.81. The number of unbranched alkanes of at least 4 members (excludes halogenated alkanes) is 3. The van der Waals surface area contributed by atoms with E-state index in [-0.39, 0.29) is 0 Å². The first-order valence-corrected chi connectivity index (χ1v) is 8.20. The average Bonchev–Trinajstić information content (AvgIpc) is 2.45. The first kappa shape index (κ1) is 15.5. The smallest absolute Gasteiger partial charge is 0.0774 e. The third kappa shape index (κ3) is 4.92. The molecule has 20 heavy (non-hydrogen) atoms. The molecule has 0 aromatic heterocycles. The van der Waals surface area contributed by atoms with Gasteiger partial charge in [0.15, 0.2) is 0 Å². The van der Waals surface area contributed by atoms with Gasteiger partial charge >= 0.3 is 0 Å². The molecule has 112 valence electrons. The first-order valence-electron chi connectivity index (χ1n) is 8.20. The van der Waals surface area contributed by atoms with Gasteiger partial charge in [-0.15, -0.1) is 0 Å². The van der Waals surface area contributed by atoms with E-state index in [0.29, 0.717) is 0 Å². The van der Waals surface area contributed by atoms with Crippen LogP contribution in [-0.2, 0) is 6.54 Å².